The van der Waals surface area contributed by atoms with Gasteiger partial charge in [0.25, 0.3) is 5.91 Å². The molecule has 0 saturated carbocycles. The van der Waals surface area contributed by atoms with E-state index < -0.39 is 18.1 Å². The second-order valence-corrected chi connectivity index (χ2v) is 10.1. The molecule has 1 heterocycles. The molecule has 43 heavy (non-hydrogen) atoms. The second-order valence-electron chi connectivity index (χ2n) is 10.1. The summed E-state index contributed by atoms with van der Waals surface area (Å²) >= 11 is 0. The Morgan fingerprint density at radius 2 is 1.33 bits per heavy atom. The molecule has 2 aromatic carbocycles. The maximum absolute atomic E-state index is 12.7. The van der Waals surface area contributed by atoms with Crippen molar-refractivity contribution in [3.8, 4) is 0 Å². The minimum Gasteiger partial charge on any atom is -0.321 e. The van der Waals surface area contributed by atoms with Crippen LogP contribution in [0.25, 0.3) is 0 Å². The average Bonchev–Trinajstić information content (AvgIpc) is 2.97. The molecule has 9 nitrogen and oxygen atoms in total. The van der Waals surface area contributed by atoms with E-state index in [1.165, 1.54) is 73.8 Å². The molecular weight excluding hydrogens is 561 g/mol. The molecule has 4 amide bonds. The number of amides is 4. The summed E-state index contributed by atoms with van der Waals surface area (Å²) in [5.74, 6) is -1.81. The third-order valence-corrected chi connectivity index (χ3v) is 6.65. The van der Waals surface area contributed by atoms with Gasteiger partial charge in [-0.05, 0) is 66.8 Å². The standard InChI is InChI=1S/C31H37F3N6O3/c1-3-5-8-22(9-6-4-2)23-16-18-40(19-17-23)21-28(41)35-26-10-7-11-27(20-26)37-30(43)36-24-12-14-25(15-13-24)38-39-29(42)31(32,33)34/h7,10-20,22,38H,3-6,8-9,21H2,1-2H3,(H3-,35,36,37,39,41,42,43)/p+1. The van der Waals surface area contributed by atoms with Crippen LogP contribution in [0.5, 0.6) is 0 Å². The molecular formula is C31H38F3N6O3+. The molecule has 0 bridgehead atoms. The highest BCUT2D eigenvalue weighted by molar-refractivity contribution is 6.00. The van der Waals surface area contributed by atoms with E-state index in [1.54, 1.807) is 24.3 Å². The monoisotopic (exact) mass is 599 g/mol. The van der Waals surface area contributed by atoms with E-state index in [4.69, 9.17) is 0 Å². The van der Waals surface area contributed by atoms with Crippen molar-refractivity contribution in [2.75, 3.05) is 21.4 Å². The van der Waals surface area contributed by atoms with Crippen molar-refractivity contribution in [3.63, 3.8) is 0 Å². The van der Waals surface area contributed by atoms with Crippen molar-refractivity contribution in [3.05, 3.63) is 78.6 Å². The maximum atomic E-state index is 12.7. The lowest BCUT2D eigenvalue weighted by Gasteiger charge is -2.16. The molecule has 0 unspecified atom stereocenters. The lowest BCUT2D eigenvalue weighted by atomic mass is 9.90. The molecule has 0 aliphatic carbocycles. The number of pyridine rings is 1. The van der Waals surface area contributed by atoms with Gasteiger partial charge in [-0.3, -0.25) is 20.4 Å². The number of nitrogens with one attached hydrogen (secondary N) is 5. The van der Waals surface area contributed by atoms with Crippen LogP contribution < -0.4 is 31.4 Å². The van der Waals surface area contributed by atoms with E-state index in [2.05, 4.69) is 47.4 Å². The van der Waals surface area contributed by atoms with Gasteiger partial charge in [-0.1, -0.05) is 45.6 Å². The Hall–Kier alpha value is -4.61. The lowest BCUT2D eigenvalue weighted by molar-refractivity contribution is -0.684. The number of carbonyl (C=O) groups excluding carboxylic acids is 3. The first-order chi connectivity index (χ1) is 20.6. The molecule has 1 aromatic heterocycles. The van der Waals surface area contributed by atoms with Gasteiger partial charge in [0.15, 0.2) is 12.4 Å². The van der Waals surface area contributed by atoms with Crippen LogP contribution in [0, 0.1) is 0 Å². The second kappa shape index (κ2) is 16.1. The fourth-order valence-electron chi connectivity index (χ4n) is 4.40. The topological polar surface area (TPSA) is 115 Å². The van der Waals surface area contributed by atoms with Crippen LogP contribution in [-0.4, -0.2) is 24.0 Å². The summed E-state index contributed by atoms with van der Waals surface area (Å²) in [6.07, 6.45) is 5.94. The van der Waals surface area contributed by atoms with Crippen molar-refractivity contribution >= 4 is 40.6 Å². The summed E-state index contributed by atoms with van der Waals surface area (Å²) in [5, 5.41) is 8.11. The number of hydrazine groups is 1. The zero-order valence-electron chi connectivity index (χ0n) is 24.3. The van der Waals surface area contributed by atoms with Crippen LogP contribution in [0.1, 0.15) is 63.9 Å². The number of halogens is 3. The molecule has 0 aliphatic rings. The molecule has 230 valence electrons. The fourth-order valence-corrected chi connectivity index (χ4v) is 4.40. The summed E-state index contributed by atoms with van der Waals surface area (Å²) in [6.45, 7) is 4.55. The predicted molar refractivity (Wildman–Crippen MR) is 160 cm³/mol. The Balaban J connectivity index is 1.49. The molecule has 0 fully saturated rings. The van der Waals surface area contributed by atoms with Crippen LogP contribution in [0.15, 0.2) is 73.1 Å². The number of hydrogen-bond acceptors (Lipinski definition) is 4. The largest absolute Gasteiger partial charge is 0.472 e. The molecule has 0 atom stereocenters. The number of anilines is 4. The molecule has 0 radical (unpaired) electrons. The lowest BCUT2D eigenvalue weighted by Crippen LogP contribution is -2.40. The van der Waals surface area contributed by atoms with Crippen LogP contribution in [0.4, 0.5) is 40.7 Å². The number of rotatable bonds is 14. The van der Waals surface area contributed by atoms with Crippen LogP contribution in [0.2, 0.25) is 0 Å². The van der Waals surface area contributed by atoms with Crippen LogP contribution in [0.3, 0.4) is 0 Å². The summed E-state index contributed by atoms with van der Waals surface area (Å²) in [5.41, 5.74) is 6.48. The predicted octanol–water partition coefficient (Wildman–Crippen LogP) is 6.73. The van der Waals surface area contributed by atoms with Gasteiger partial charge in [-0.25, -0.2) is 4.79 Å². The van der Waals surface area contributed by atoms with E-state index in [1.807, 2.05) is 17.0 Å². The van der Waals surface area contributed by atoms with Crippen molar-refractivity contribution in [1.29, 1.82) is 0 Å². The summed E-state index contributed by atoms with van der Waals surface area (Å²) < 4.78 is 38.7. The maximum Gasteiger partial charge on any atom is 0.472 e. The minimum absolute atomic E-state index is 0.137. The molecule has 0 saturated heterocycles. The molecule has 5 N–H and O–H groups in total. The highest BCUT2D eigenvalue weighted by Crippen LogP contribution is 2.27. The van der Waals surface area contributed by atoms with Crippen LogP contribution in [-0.2, 0) is 16.1 Å². The summed E-state index contributed by atoms with van der Waals surface area (Å²) in [4.78, 5) is 36.0. The Labute approximate surface area is 249 Å². The first-order valence-corrected chi connectivity index (χ1v) is 14.3. The Morgan fingerprint density at radius 3 is 1.91 bits per heavy atom. The van der Waals surface area contributed by atoms with Gasteiger partial charge in [0, 0.05) is 29.2 Å². The number of benzene rings is 2. The van der Waals surface area contributed by atoms with Gasteiger partial charge in [0.2, 0.25) is 6.54 Å². The van der Waals surface area contributed by atoms with Gasteiger partial charge in [-0.15, -0.1) is 0 Å². The van der Waals surface area contributed by atoms with Crippen LogP contribution >= 0.6 is 0 Å². The van der Waals surface area contributed by atoms with E-state index in [0.717, 1.165) is 0 Å². The number of aromatic nitrogens is 1. The van der Waals surface area contributed by atoms with E-state index in [-0.39, 0.29) is 18.1 Å². The summed E-state index contributed by atoms with van der Waals surface area (Å²) in [6, 6.07) is 16.0. The van der Waals surface area contributed by atoms with Gasteiger partial charge in [-0.2, -0.15) is 17.7 Å². The molecule has 12 heteroatoms. The Morgan fingerprint density at radius 1 is 0.767 bits per heavy atom. The van der Waals surface area contributed by atoms with E-state index >= 15 is 0 Å². The number of alkyl halides is 3. The normalized spacial score (nSPS) is 11.1. The highest BCUT2D eigenvalue weighted by atomic mass is 19.4. The zero-order chi connectivity index (χ0) is 31.2. The van der Waals surface area contributed by atoms with E-state index in [9.17, 15) is 27.6 Å². The SMILES string of the molecule is CCCCC(CCCC)c1cc[n+](CC(=O)Nc2cccc(NC(=O)Nc3ccc(NNC(=O)C(F)(F)F)cc3)c2)cc1. The number of nitrogens with zero attached hydrogens (tertiary/aromatic N) is 1. The quantitative estimate of drug-likeness (QED) is 0.104. The molecule has 3 aromatic rings. The van der Waals surface area contributed by atoms with Gasteiger partial charge in [0.05, 0.1) is 5.69 Å². The number of hydrogen-bond donors (Lipinski definition) is 5. The van der Waals surface area contributed by atoms with Gasteiger partial charge >= 0.3 is 18.1 Å². The van der Waals surface area contributed by atoms with Crippen molar-refractivity contribution in [2.45, 2.75) is 71.0 Å². The first kappa shape index (κ1) is 32.9. The Kier molecular flexibility index (Phi) is 12.3. The zero-order valence-corrected chi connectivity index (χ0v) is 24.3. The first-order valence-electron chi connectivity index (χ1n) is 14.3. The molecule has 3 rings (SSSR count). The van der Waals surface area contributed by atoms with Crippen molar-refractivity contribution < 1.29 is 32.1 Å². The third kappa shape index (κ3) is 11.3. The number of unbranched alkanes of at least 4 members (excludes halogenated alkanes) is 2. The minimum atomic E-state index is -5.01. The smallest absolute Gasteiger partial charge is 0.321 e. The van der Waals surface area contributed by atoms with Gasteiger partial charge in [0.1, 0.15) is 0 Å². The van der Waals surface area contributed by atoms with Crippen molar-refractivity contribution in [1.82, 2.24) is 5.43 Å². The third-order valence-electron chi connectivity index (χ3n) is 6.65. The molecule has 0 spiro atoms. The molecule has 0 aliphatic heterocycles. The van der Waals surface area contributed by atoms with Crippen molar-refractivity contribution in [2.24, 2.45) is 0 Å². The fraction of sp³-hybridized carbons (Fsp3) is 0.355. The summed E-state index contributed by atoms with van der Waals surface area (Å²) in [7, 11) is 0. The highest BCUT2D eigenvalue weighted by Gasteiger charge is 2.38. The Bertz CT molecular complexity index is 1340. The van der Waals surface area contributed by atoms with Gasteiger partial charge < -0.3 is 16.0 Å². The average molecular weight is 600 g/mol. The number of urea groups is 1. The van der Waals surface area contributed by atoms with E-state index in [0.29, 0.717) is 23.0 Å². The number of carbonyl (C=O) groups is 3.